The molecule has 1 saturated carbocycles. The van der Waals surface area contributed by atoms with Crippen LogP contribution in [0.5, 0.6) is 0 Å². The molecule has 0 bridgehead atoms. The van der Waals surface area contributed by atoms with Crippen LogP contribution in [0.4, 0.5) is 0 Å². The molecular weight excluding hydrogens is 352 g/mol. The number of carbonyl (C=O) groups is 1. The Labute approximate surface area is 153 Å². The molecule has 1 atom stereocenters. The molecule has 26 heavy (non-hydrogen) atoms. The second-order valence-electron chi connectivity index (χ2n) is 6.77. The molecule has 3 aromatic heterocycles. The van der Waals surface area contributed by atoms with Gasteiger partial charge in [-0.2, -0.15) is 0 Å². The molecule has 0 aromatic carbocycles. The summed E-state index contributed by atoms with van der Waals surface area (Å²) in [5.74, 6) is 0.137. The Kier molecular flexibility index (Phi) is 4.37. The van der Waals surface area contributed by atoms with Gasteiger partial charge in [0.15, 0.2) is 0 Å². The highest BCUT2D eigenvalue weighted by Crippen LogP contribution is 2.32. The Morgan fingerprint density at radius 2 is 2.27 bits per heavy atom. The number of fused-ring (bicyclic) bond motifs is 1. The van der Waals surface area contributed by atoms with Crippen molar-refractivity contribution >= 4 is 22.9 Å². The van der Waals surface area contributed by atoms with E-state index in [0.29, 0.717) is 12.5 Å². The predicted molar refractivity (Wildman–Crippen MR) is 99.5 cm³/mol. The van der Waals surface area contributed by atoms with Crippen LogP contribution < -0.4 is 10.9 Å². The zero-order valence-corrected chi connectivity index (χ0v) is 15.2. The van der Waals surface area contributed by atoms with E-state index >= 15 is 0 Å². The van der Waals surface area contributed by atoms with Crippen molar-refractivity contribution in [3.8, 4) is 10.6 Å². The molecule has 8 heteroatoms. The number of aliphatic hydroxyl groups excluding tert-OH is 1. The van der Waals surface area contributed by atoms with Crippen LogP contribution in [0.1, 0.15) is 30.3 Å². The smallest absolute Gasteiger partial charge is 0.294 e. The van der Waals surface area contributed by atoms with Crippen molar-refractivity contribution in [2.45, 2.75) is 32.4 Å². The van der Waals surface area contributed by atoms with Crippen LogP contribution in [0.2, 0.25) is 0 Å². The zero-order chi connectivity index (χ0) is 18.3. The number of aliphatic hydroxyl groups is 1. The molecule has 1 amide bonds. The minimum atomic E-state index is -0.641. The van der Waals surface area contributed by atoms with Crippen molar-refractivity contribution in [1.82, 2.24) is 19.3 Å². The molecule has 4 rings (SSSR count). The maximum atomic E-state index is 13.0. The summed E-state index contributed by atoms with van der Waals surface area (Å²) in [5, 5.41) is 13.9. The fourth-order valence-corrected chi connectivity index (χ4v) is 3.63. The number of rotatable bonds is 6. The molecule has 0 unspecified atom stereocenters. The number of aromatic nitrogens is 3. The van der Waals surface area contributed by atoms with Crippen molar-refractivity contribution in [3.63, 3.8) is 0 Å². The first-order valence-electron chi connectivity index (χ1n) is 8.65. The Morgan fingerprint density at radius 3 is 2.92 bits per heavy atom. The van der Waals surface area contributed by atoms with Crippen molar-refractivity contribution in [2.75, 3.05) is 6.54 Å². The fourth-order valence-electron chi connectivity index (χ4n) is 2.88. The molecule has 1 aliphatic rings. The van der Waals surface area contributed by atoms with Crippen LogP contribution in [0.3, 0.4) is 0 Å². The van der Waals surface area contributed by atoms with Gasteiger partial charge in [0.1, 0.15) is 5.69 Å². The molecule has 1 aliphatic carbocycles. The van der Waals surface area contributed by atoms with Crippen LogP contribution in [0.15, 0.2) is 34.7 Å². The maximum Gasteiger partial charge on any atom is 0.294 e. The molecule has 2 N–H and O–H groups in total. The fraction of sp³-hybridized carbons (Fsp3) is 0.389. The van der Waals surface area contributed by atoms with Gasteiger partial charge in [0.05, 0.1) is 16.7 Å². The lowest BCUT2D eigenvalue weighted by Gasteiger charge is -2.11. The average Bonchev–Trinajstić information content (AvgIpc) is 3.10. The summed E-state index contributed by atoms with van der Waals surface area (Å²) in [7, 11) is 0. The molecule has 3 aromatic rings. The minimum absolute atomic E-state index is 0.138. The Hall–Kier alpha value is -2.45. The van der Waals surface area contributed by atoms with Gasteiger partial charge < -0.3 is 15.0 Å². The topological polar surface area (TPSA) is 88.6 Å². The lowest BCUT2D eigenvalue weighted by Crippen LogP contribution is -2.30. The highest BCUT2D eigenvalue weighted by Gasteiger charge is 2.25. The van der Waals surface area contributed by atoms with Gasteiger partial charge >= 0.3 is 0 Å². The molecule has 0 radical (unpaired) electrons. The molecule has 0 saturated heterocycles. The first kappa shape index (κ1) is 17.0. The Bertz CT molecular complexity index is 1000. The summed E-state index contributed by atoms with van der Waals surface area (Å²) >= 11 is 1.58. The number of nitrogens with zero attached hydrogens (tertiary/aromatic N) is 3. The predicted octanol–water partition coefficient (Wildman–Crippen LogP) is 1.75. The van der Waals surface area contributed by atoms with Crippen LogP contribution >= 0.6 is 11.3 Å². The first-order chi connectivity index (χ1) is 12.5. The minimum Gasteiger partial charge on any atom is -0.392 e. The van der Waals surface area contributed by atoms with E-state index in [1.807, 2.05) is 23.7 Å². The highest BCUT2D eigenvalue weighted by atomic mass is 32.1. The summed E-state index contributed by atoms with van der Waals surface area (Å²) < 4.78 is 3.40. The SMILES string of the molecule is C[C@H](O)CNC(=O)c1cn2cc(-c3cccs3)n(CC3CC3)c(=O)c2n1. The number of hydrogen-bond donors (Lipinski definition) is 2. The van der Waals surface area contributed by atoms with Gasteiger partial charge in [-0.3, -0.25) is 14.0 Å². The van der Waals surface area contributed by atoms with E-state index in [0.717, 1.165) is 23.4 Å². The highest BCUT2D eigenvalue weighted by molar-refractivity contribution is 7.13. The molecule has 0 aliphatic heterocycles. The third kappa shape index (κ3) is 3.30. The van der Waals surface area contributed by atoms with E-state index in [1.54, 1.807) is 33.4 Å². The van der Waals surface area contributed by atoms with Crippen LogP contribution in [-0.2, 0) is 6.54 Å². The lowest BCUT2D eigenvalue weighted by molar-refractivity contribution is 0.0919. The third-order valence-corrected chi connectivity index (χ3v) is 5.32. The quantitative estimate of drug-likeness (QED) is 0.690. The van der Waals surface area contributed by atoms with E-state index in [1.165, 1.54) is 0 Å². The summed E-state index contributed by atoms with van der Waals surface area (Å²) in [6.45, 7) is 2.41. The van der Waals surface area contributed by atoms with Crippen LogP contribution in [0, 0.1) is 5.92 Å². The second-order valence-corrected chi connectivity index (χ2v) is 7.71. The normalized spacial score (nSPS) is 15.3. The van der Waals surface area contributed by atoms with E-state index < -0.39 is 12.0 Å². The van der Waals surface area contributed by atoms with Gasteiger partial charge in [-0.25, -0.2) is 4.98 Å². The summed E-state index contributed by atoms with van der Waals surface area (Å²) in [6, 6.07) is 3.95. The van der Waals surface area contributed by atoms with Gasteiger partial charge in [-0.15, -0.1) is 11.3 Å². The number of carbonyl (C=O) groups excluding carboxylic acids is 1. The third-order valence-electron chi connectivity index (χ3n) is 4.42. The zero-order valence-electron chi connectivity index (χ0n) is 14.4. The summed E-state index contributed by atoms with van der Waals surface area (Å²) in [6.07, 6.45) is 5.07. The number of nitrogens with one attached hydrogen (secondary N) is 1. The van der Waals surface area contributed by atoms with E-state index in [2.05, 4.69) is 10.3 Å². The molecule has 0 spiro atoms. The van der Waals surface area contributed by atoms with Crippen molar-refractivity contribution in [3.05, 3.63) is 46.0 Å². The number of thiophene rings is 1. The van der Waals surface area contributed by atoms with E-state index in [9.17, 15) is 14.7 Å². The largest absolute Gasteiger partial charge is 0.392 e. The Balaban J connectivity index is 1.78. The summed E-state index contributed by atoms with van der Waals surface area (Å²) in [5.41, 5.74) is 1.08. The molecule has 7 nitrogen and oxygen atoms in total. The van der Waals surface area contributed by atoms with E-state index in [4.69, 9.17) is 0 Å². The number of hydrogen-bond acceptors (Lipinski definition) is 5. The molecule has 3 heterocycles. The number of amides is 1. The van der Waals surface area contributed by atoms with Gasteiger partial charge in [0, 0.05) is 25.5 Å². The van der Waals surface area contributed by atoms with Gasteiger partial charge in [-0.1, -0.05) is 6.07 Å². The average molecular weight is 372 g/mol. The van der Waals surface area contributed by atoms with E-state index in [-0.39, 0.29) is 23.4 Å². The standard InChI is InChI=1S/C18H20N4O3S/c1-11(23)7-19-17(24)13-9-21-10-14(15-3-2-6-26-15)22(8-12-4-5-12)18(25)16(21)20-13/h2-3,6,9-12,23H,4-5,7-8H2,1H3,(H,19,24)/t11-/m0/s1. The lowest BCUT2D eigenvalue weighted by atomic mass is 10.3. The van der Waals surface area contributed by atoms with Gasteiger partial charge in [0.25, 0.3) is 11.5 Å². The molecule has 136 valence electrons. The van der Waals surface area contributed by atoms with Crippen molar-refractivity contribution in [1.29, 1.82) is 0 Å². The van der Waals surface area contributed by atoms with Crippen LogP contribution in [0.25, 0.3) is 16.2 Å². The maximum absolute atomic E-state index is 13.0. The molecular formula is C18H20N4O3S. The monoisotopic (exact) mass is 372 g/mol. The van der Waals surface area contributed by atoms with Gasteiger partial charge in [-0.05, 0) is 37.1 Å². The molecule has 1 fully saturated rings. The number of imidazole rings is 1. The van der Waals surface area contributed by atoms with Crippen molar-refractivity contribution in [2.24, 2.45) is 5.92 Å². The van der Waals surface area contributed by atoms with Crippen molar-refractivity contribution < 1.29 is 9.90 Å². The van der Waals surface area contributed by atoms with Gasteiger partial charge in [0.2, 0.25) is 5.65 Å². The summed E-state index contributed by atoms with van der Waals surface area (Å²) in [4.78, 5) is 30.5. The Morgan fingerprint density at radius 1 is 1.46 bits per heavy atom. The van der Waals surface area contributed by atoms with Crippen LogP contribution in [-0.4, -0.2) is 37.6 Å². The second kappa shape index (κ2) is 6.69. The first-order valence-corrected chi connectivity index (χ1v) is 9.53.